The van der Waals surface area contributed by atoms with Crippen molar-refractivity contribution < 1.29 is 9.47 Å². The van der Waals surface area contributed by atoms with Crippen molar-refractivity contribution in [3.63, 3.8) is 0 Å². The van der Waals surface area contributed by atoms with Gasteiger partial charge in [0.1, 0.15) is 11.5 Å². The molecule has 0 saturated heterocycles. The SMILES string of the molecule is COc1ccc2c(c1)OCCC2NCc1ccccc1. The Morgan fingerprint density at radius 2 is 2.05 bits per heavy atom. The van der Waals surface area contributed by atoms with Gasteiger partial charge in [-0.3, -0.25) is 0 Å². The first kappa shape index (κ1) is 13.0. The maximum absolute atomic E-state index is 5.73. The number of nitrogens with one attached hydrogen (secondary N) is 1. The summed E-state index contributed by atoms with van der Waals surface area (Å²) in [4.78, 5) is 0. The molecule has 104 valence electrons. The van der Waals surface area contributed by atoms with Gasteiger partial charge in [-0.15, -0.1) is 0 Å². The van der Waals surface area contributed by atoms with Crippen molar-refractivity contribution in [2.75, 3.05) is 13.7 Å². The van der Waals surface area contributed by atoms with Crippen LogP contribution in [0.1, 0.15) is 23.6 Å². The molecule has 0 fully saturated rings. The zero-order valence-corrected chi connectivity index (χ0v) is 11.6. The number of fused-ring (bicyclic) bond motifs is 1. The summed E-state index contributed by atoms with van der Waals surface area (Å²) in [6.07, 6.45) is 0.992. The van der Waals surface area contributed by atoms with E-state index < -0.39 is 0 Å². The van der Waals surface area contributed by atoms with E-state index in [-0.39, 0.29) is 0 Å². The minimum absolute atomic E-state index is 0.338. The molecule has 0 spiro atoms. The summed E-state index contributed by atoms with van der Waals surface area (Å²) in [6, 6.07) is 16.8. The quantitative estimate of drug-likeness (QED) is 0.923. The van der Waals surface area contributed by atoms with Crippen LogP contribution in [0.15, 0.2) is 48.5 Å². The van der Waals surface area contributed by atoms with Gasteiger partial charge in [-0.05, 0) is 11.6 Å². The molecule has 1 aliphatic rings. The Balaban J connectivity index is 1.73. The summed E-state index contributed by atoms with van der Waals surface area (Å²) in [5.41, 5.74) is 2.52. The molecule has 1 unspecified atom stereocenters. The summed E-state index contributed by atoms with van der Waals surface area (Å²) < 4.78 is 11.0. The third-order valence-electron chi connectivity index (χ3n) is 3.66. The molecule has 0 amide bonds. The molecule has 1 heterocycles. The van der Waals surface area contributed by atoms with Crippen LogP contribution in [0.25, 0.3) is 0 Å². The predicted molar refractivity (Wildman–Crippen MR) is 79.1 cm³/mol. The normalized spacial score (nSPS) is 17.1. The molecule has 0 radical (unpaired) electrons. The van der Waals surface area contributed by atoms with Crippen LogP contribution in [0.5, 0.6) is 11.5 Å². The second-order valence-corrected chi connectivity index (χ2v) is 4.96. The van der Waals surface area contributed by atoms with E-state index in [4.69, 9.17) is 9.47 Å². The maximum atomic E-state index is 5.73. The molecule has 1 N–H and O–H groups in total. The molecule has 20 heavy (non-hydrogen) atoms. The Morgan fingerprint density at radius 1 is 1.20 bits per heavy atom. The van der Waals surface area contributed by atoms with Gasteiger partial charge in [0, 0.05) is 30.6 Å². The molecular formula is C17H19NO2. The third kappa shape index (κ3) is 2.78. The summed E-state index contributed by atoms with van der Waals surface area (Å²) >= 11 is 0. The van der Waals surface area contributed by atoms with Crippen molar-refractivity contribution in [1.82, 2.24) is 5.32 Å². The third-order valence-corrected chi connectivity index (χ3v) is 3.66. The second kappa shape index (κ2) is 5.97. The van der Waals surface area contributed by atoms with Crippen LogP contribution in [0.3, 0.4) is 0 Å². The number of hydrogen-bond donors (Lipinski definition) is 1. The molecule has 3 rings (SSSR count). The summed E-state index contributed by atoms with van der Waals surface area (Å²) in [5.74, 6) is 1.77. The predicted octanol–water partition coefficient (Wildman–Crippen LogP) is 3.31. The van der Waals surface area contributed by atoms with E-state index in [2.05, 4.69) is 35.6 Å². The second-order valence-electron chi connectivity index (χ2n) is 4.96. The molecule has 2 aromatic rings. The van der Waals surface area contributed by atoms with Crippen molar-refractivity contribution in [2.45, 2.75) is 19.0 Å². The van der Waals surface area contributed by atoms with Crippen molar-refractivity contribution in [2.24, 2.45) is 0 Å². The lowest BCUT2D eigenvalue weighted by atomic mass is 10.00. The van der Waals surface area contributed by atoms with Crippen LogP contribution in [0.4, 0.5) is 0 Å². The fourth-order valence-corrected chi connectivity index (χ4v) is 2.55. The first-order valence-corrected chi connectivity index (χ1v) is 6.95. The minimum Gasteiger partial charge on any atom is -0.497 e. The van der Waals surface area contributed by atoms with Gasteiger partial charge in [-0.1, -0.05) is 36.4 Å². The van der Waals surface area contributed by atoms with Gasteiger partial charge >= 0.3 is 0 Å². The number of methoxy groups -OCH3 is 1. The highest BCUT2D eigenvalue weighted by molar-refractivity contribution is 5.43. The van der Waals surface area contributed by atoms with E-state index in [9.17, 15) is 0 Å². The Labute approximate surface area is 119 Å². The van der Waals surface area contributed by atoms with E-state index in [1.165, 1.54) is 11.1 Å². The standard InChI is InChI=1S/C17H19NO2/c1-19-14-7-8-15-16(9-10-20-17(15)11-14)18-12-13-5-3-2-4-6-13/h2-8,11,16,18H,9-10,12H2,1H3. The van der Waals surface area contributed by atoms with Crippen molar-refractivity contribution >= 4 is 0 Å². The highest BCUT2D eigenvalue weighted by Crippen LogP contribution is 2.34. The largest absolute Gasteiger partial charge is 0.497 e. The van der Waals surface area contributed by atoms with Gasteiger partial charge in [-0.25, -0.2) is 0 Å². The van der Waals surface area contributed by atoms with Crippen LogP contribution in [-0.2, 0) is 6.54 Å². The van der Waals surface area contributed by atoms with E-state index in [1.54, 1.807) is 7.11 Å². The van der Waals surface area contributed by atoms with E-state index in [0.717, 1.165) is 31.1 Å². The van der Waals surface area contributed by atoms with Gasteiger partial charge < -0.3 is 14.8 Å². The fraction of sp³-hybridized carbons (Fsp3) is 0.294. The molecular weight excluding hydrogens is 250 g/mol. The van der Waals surface area contributed by atoms with Gasteiger partial charge in [-0.2, -0.15) is 0 Å². The average Bonchev–Trinajstić information content (AvgIpc) is 2.53. The molecule has 1 atom stereocenters. The minimum atomic E-state index is 0.338. The summed E-state index contributed by atoms with van der Waals surface area (Å²) in [5, 5.41) is 3.61. The van der Waals surface area contributed by atoms with Gasteiger partial charge in [0.05, 0.1) is 13.7 Å². The molecule has 3 nitrogen and oxygen atoms in total. The maximum Gasteiger partial charge on any atom is 0.127 e. The van der Waals surface area contributed by atoms with E-state index >= 15 is 0 Å². The van der Waals surface area contributed by atoms with Crippen LogP contribution < -0.4 is 14.8 Å². The molecule has 0 bridgehead atoms. The van der Waals surface area contributed by atoms with Gasteiger partial charge in [0.25, 0.3) is 0 Å². The zero-order chi connectivity index (χ0) is 13.8. The Bertz CT molecular complexity index is 568. The Kier molecular flexibility index (Phi) is 3.88. The molecule has 0 aliphatic carbocycles. The smallest absolute Gasteiger partial charge is 0.127 e. The first-order valence-electron chi connectivity index (χ1n) is 6.95. The average molecular weight is 269 g/mol. The molecule has 1 aliphatic heterocycles. The molecule has 2 aromatic carbocycles. The lowest BCUT2D eigenvalue weighted by Crippen LogP contribution is -2.26. The topological polar surface area (TPSA) is 30.5 Å². The zero-order valence-electron chi connectivity index (χ0n) is 11.6. The Morgan fingerprint density at radius 3 is 2.85 bits per heavy atom. The highest BCUT2D eigenvalue weighted by atomic mass is 16.5. The first-order chi connectivity index (χ1) is 9.86. The summed E-state index contributed by atoms with van der Waals surface area (Å²) in [6.45, 7) is 1.61. The number of ether oxygens (including phenoxy) is 2. The highest BCUT2D eigenvalue weighted by Gasteiger charge is 2.21. The number of rotatable bonds is 4. The molecule has 0 saturated carbocycles. The fourth-order valence-electron chi connectivity index (χ4n) is 2.55. The number of benzene rings is 2. The van der Waals surface area contributed by atoms with Crippen LogP contribution in [0, 0.1) is 0 Å². The van der Waals surface area contributed by atoms with Gasteiger partial charge in [0.15, 0.2) is 0 Å². The number of hydrogen-bond acceptors (Lipinski definition) is 3. The van der Waals surface area contributed by atoms with Crippen LogP contribution in [-0.4, -0.2) is 13.7 Å². The molecule has 0 aromatic heterocycles. The Hall–Kier alpha value is -2.00. The lowest BCUT2D eigenvalue weighted by Gasteiger charge is -2.27. The monoisotopic (exact) mass is 269 g/mol. The molecule has 3 heteroatoms. The van der Waals surface area contributed by atoms with E-state index in [0.29, 0.717) is 6.04 Å². The van der Waals surface area contributed by atoms with Gasteiger partial charge in [0.2, 0.25) is 0 Å². The van der Waals surface area contributed by atoms with Crippen molar-refractivity contribution in [1.29, 1.82) is 0 Å². The summed E-state index contributed by atoms with van der Waals surface area (Å²) in [7, 11) is 1.68. The lowest BCUT2D eigenvalue weighted by molar-refractivity contribution is 0.250. The van der Waals surface area contributed by atoms with Crippen LogP contribution >= 0.6 is 0 Å². The van der Waals surface area contributed by atoms with E-state index in [1.807, 2.05) is 18.2 Å². The van der Waals surface area contributed by atoms with Crippen molar-refractivity contribution in [3.05, 3.63) is 59.7 Å². The van der Waals surface area contributed by atoms with Crippen molar-refractivity contribution in [3.8, 4) is 11.5 Å². The van der Waals surface area contributed by atoms with Crippen LogP contribution in [0.2, 0.25) is 0 Å².